The summed E-state index contributed by atoms with van der Waals surface area (Å²) in [5, 5.41) is 18.5. The minimum atomic E-state index is -0.665. The van der Waals surface area contributed by atoms with Gasteiger partial charge in [-0.05, 0) is 18.4 Å². The van der Waals surface area contributed by atoms with E-state index in [0.29, 0.717) is 5.69 Å². The number of hydrogen-bond donors (Lipinski definition) is 1. The van der Waals surface area contributed by atoms with Crippen LogP contribution in [0.2, 0.25) is 0 Å². The number of aromatic nitrogens is 4. The lowest BCUT2D eigenvalue weighted by Crippen LogP contribution is -2.28. The second-order valence-corrected chi connectivity index (χ2v) is 5.96. The summed E-state index contributed by atoms with van der Waals surface area (Å²) < 4.78 is 6.96. The van der Waals surface area contributed by atoms with E-state index < -0.39 is 6.10 Å². The van der Waals surface area contributed by atoms with Crippen LogP contribution >= 0.6 is 0 Å². The lowest BCUT2D eigenvalue weighted by Gasteiger charge is -2.32. The molecule has 5 rings (SSSR count). The molecule has 0 bridgehead atoms. The molecule has 0 saturated carbocycles. The first kappa shape index (κ1) is 12.1. The molecule has 2 aliphatic rings. The lowest BCUT2D eigenvalue weighted by atomic mass is 9.79. The van der Waals surface area contributed by atoms with E-state index >= 15 is 0 Å². The summed E-state index contributed by atoms with van der Waals surface area (Å²) in [7, 11) is 0. The molecule has 0 radical (unpaired) electrons. The quantitative estimate of drug-likeness (QED) is 0.744. The fourth-order valence-electron chi connectivity index (χ4n) is 3.92. The summed E-state index contributed by atoms with van der Waals surface area (Å²) in [5.74, 6) is 0.0380. The third-order valence-electron chi connectivity index (χ3n) is 4.91. The summed E-state index contributed by atoms with van der Waals surface area (Å²) in [6, 6.07) is 8.41. The summed E-state index contributed by atoms with van der Waals surface area (Å²) in [6.45, 7) is 0. The summed E-state index contributed by atoms with van der Waals surface area (Å²) in [6.07, 6.45) is 4.70. The second-order valence-electron chi connectivity index (χ2n) is 5.96. The zero-order valence-corrected chi connectivity index (χ0v) is 11.8. The van der Waals surface area contributed by atoms with Gasteiger partial charge in [-0.2, -0.15) is 0 Å². The molecule has 1 unspecified atom stereocenters. The highest BCUT2D eigenvalue weighted by molar-refractivity contribution is 5.69. The molecule has 1 aliphatic heterocycles. The smallest absolute Gasteiger partial charge is 0.137 e. The van der Waals surface area contributed by atoms with Crippen molar-refractivity contribution in [3.8, 4) is 11.3 Å². The standard InChI is InChI=1S/C16H14N4O2/c21-16-11(5-6-12-14(16)19-22-18-12)15-10-4-2-1-3-9(10)13-7-17-8-20(13)15/h1-4,7-8,11,15-16,21H,5-6H2/t11-,15?,16+/m1/s1. The third kappa shape index (κ3) is 1.45. The molecule has 0 fully saturated rings. The largest absolute Gasteiger partial charge is 0.386 e. The zero-order chi connectivity index (χ0) is 14.7. The Kier molecular flexibility index (Phi) is 2.35. The monoisotopic (exact) mass is 294 g/mol. The van der Waals surface area contributed by atoms with Crippen LogP contribution in [0.15, 0.2) is 41.4 Å². The molecule has 3 heterocycles. The van der Waals surface area contributed by atoms with Crippen LogP contribution < -0.4 is 0 Å². The van der Waals surface area contributed by atoms with Gasteiger partial charge in [0.15, 0.2) is 0 Å². The molecule has 1 aromatic carbocycles. The van der Waals surface area contributed by atoms with E-state index in [1.54, 1.807) is 0 Å². The Labute approximate surface area is 126 Å². The van der Waals surface area contributed by atoms with E-state index in [1.807, 2.05) is 24.7 Å². The van der Waals surface area contributed by atoms with Crippen LogP contribution in [-0.4, -0.2) is 25.0 Å². The van der Waals surface area contributed by atoms with Crippen molar-refractivity contribution in [2.24, 2.45) is 5.92 Å². The van der Waals surface area contributed by atoms with Gasteiger partial charge in [-0.3, -0.25) is 0 Å². The number of benzene rings is 1. The minimum Gasteiger partial charge on any atom is -0.386 e. The maximum atomic E-state index is 10.8. The van der Waals surface area contributed by atoms with Gasteiger partial charge in [0.05, 0.1) is 24.3 Å². The third-order valence-corrected chi connectivity index (χ3v) is 4.91. The molecule has 0 spiro atoms. The number of aliphatic hydroxyl groups is 1. The lowest BCUT2D eigenvalue weighted by molar-refractivity contribution is 0.0662. The van der Waals surface area contributed by atoms with Crippen LogP contribution in [0.25, 0.3) is 11.3 Å². The van der Waals surface area contributed by atoms with Gasteiger partial charge < -0.3 is 9.67 Å². The van der Waals surface area contributed by atoms with Gasteiger partial charge in [-0.15, -0.1) is 0 Å². The van der Waals surface area contributed by atoms with Gasteiger partial charge >= 0.3 is 0 Å². The molecule has 6 nitrogen and oxygen atoms in total. The Morgan fingerprint density at radius 2 is 2.14 bits per heavy atom. The summed E-state index contributed by atoms with van der Waals surface area (Å²) in [4.78, 5) is 4.28. The average molecular weight is 294 g/mol. The average Bonchev–Trinajstić information content (AvgIpc) is 3.23. The highest BCUT2D eigenvalue weighted by Gasteiger charge is 2.42. The Bertz CT molecular complexity index is 853. The van der Waals surface area contributed by atoms with Crippen LogP contribution in [-0.2, 0) is 6.42 Å². The van der Waals surface area contributed by atoms with Gasteiger partial charge in [-0.1, -0.05) is 34.6 Å². The van der Waals surface area contributed by atoms with E-state index in [9.17, 15) is 5.11 Å². The molecular weight excluding hydrogens is 280 g/mol. The normalized spacial score (nSPS) is 25.6. The van der Waals surface area contributed by atoms with Crippen molar-refractivity contribution in [3.05, 3.63) is 53.7 Å². The van der Waals surface area contributed by atoms with Gasteiger partial charge in [0.1, 0.15) is 17.5 Å². The highest BCUT2D eigenvalue weighted by Crippen LogP contribution is 2.49. The Hall–Kier alpha value is -2.47. The number of imidazole rings is 1. The number of aryl methyl sites for hydroxylation is 1. The predicted molar refractivity (Wildman–Crippen MR) is 76.9 cm³/mol. The highest BCUT2D eigenvalue weighted by atomic mass is 16.6. The van der Waals surface area contributed by atoms with Crippen molar-refractivity contribution < 1.29 is 9.74 Å². The van der Waals surface area contributed by atoms with Gasteiger partial charge in [0.2, 0.25) is 0 Å². The molecule has 0 saturated heterocycles. The fourth-order valence-corrected chi connectivity index (χ4v) is 3.92. The number of rotatable bonds is 1. The van der Waals surface area contributed by atoms with Gasteiger partial charge in [0, 0.05) is 11.5 Å². The fraction of sp³-hybridized carbons (Fsp3) is 0.312. The van der Waals surface area contributed by atoms with Crippen molar-refractivity contribution in [2.75, 3.05) is 0 Å². The molecule has 22 heavy (non-hydrogen) atoms. The second kappa shape index (κ2) is 4.27. The first-order valence-corrected chi connectivity index (χ1v) is 7.45. The van der Waals surface area contributed by atoms with E-state index in [0.717, 1.165) is 24.2 Å². The van der Waals surface area contributed by atoms with Gasteiger partial charge in [0.25, 0.3) is 0 Å². The number of hydrogen-bond acceptors (Lipinski definition) is 5. The number of nitrogens with zero attached hydrogens (tertiary/aromatic N) is 4. The minimum absolute atomic E-state index is 0.0380. The molecule has 3 atom stereocenters. The topological polar surface area (TPSA) is 77.0 Å². The number of fused-ring (bicyclic) bond motifs is 4. The molecule has 1 aliphatic carbocycles. The molecule has 110 valence electrons. The molecule has 0 amide bonds. The Morgan fingerprint density at radius 3 is 3.09 bits per heavy atom. The van der Waals surface area contributed by atoms with Crippen LogP contribution in [0.3, 0.4) is 0 Å². The molecular formula is C16H14N4O2. The Balaban J connectivity index is 1.65. The van der Waals surface area contributed by atoms with Crippen LogP contribution in [0.1, 0.15) is 35.5 Å². The zero-order valence-electron chi connectivity index (χ0n) is 11.8. The molecule has 3 aromatic rings. The maximum absolute atomic E-state index is 10.8. The Morgan fingerprint density at radius 1 is 1.23 bits per heavy atom. The van der Waals surface area contributed by atoms with Crippen LogP contribution in [0, 0.1) is 5.92 Å². The predicted octanol–water partition coefficient (Wildman–Crippen LogP) is 2.13. The van der Waals surface area contributed by atoms with Gasteiger partial charge in [-0.25, -0.2) is 9.61 Å². The van der Waals surface area contributed by atoms with Crippen molar-refractivity contribution in [2.45, 2.75) is 25.0 Å². The molecule has 1 N–H and O–H groups in total. The van der Waals surface area contributed by atoms with Crippen LogP contribution in [0.4, 0.5) is 0 Å². The molecule has 6 heteroatoms. The van der Waals surface area contributed by atoms with Crippen LogP contribution in [0.5, 0.6) is 0 Å². The van der Waals surface area contributed by atoms with Crippen molar-refractivity contribution >= 4 is 0 Å². The van der Waals surface area contributed by atoms with E-state index in [2.05, 4.69) is 32.0 Å². The van der Waals surface area contributed by atoms with Crippen molar-refractivity contribution in [3.63, 3.8) is 0 Å². The maximum Gasteiger partial charge on any atom is 0.137 e. The van der Waals surface area contributed by atoms with E-state index in [-0.39, 0.29) is 12.0 Å². The van der Waals surface area contributed by atoms with Crippen molar-refractivity contribution in [1.29, 1.82) is 0 Å². The number of aliphatic hydroxyl groups excluding tert-OH is 1. The molecule has 2 aromatic heterocycles. The first-order chi connectivity index (χ1) is 10.8. The first-order valence-electron chi connectivity index (χ1n) is 7.45. The van der Waals surface area contributed by atoms with E-state index in [4.69, 9.17) is 4.63 Å². The summed E-state index contributed by atoms with van der Waals surface area (Å²) in [5.41, 5.74) is 4.91. The van der Waals surface area contributed by atoms with Crippen molar-refractivity contribution in [1.82, 2.24) is 19.9 Å². The summed E-state index contributed by atoms with van der Waals surface area (Å²) >= 11 is 0. The SMILES string of the molecule is O[C@@H]1c2nonc2CC[C@@H]1C1c2ccccc2-c2cncn21. The van der Waals surface area contributed by atoms with E-state index in [1.165, 1.54) is 11.1 Å².